The molecule has 0 bridgehead atoms. The average Bonchev–Trinajstić information content (AvgIpc) is 2.53. The number of nitrogens with one attached hydrogen (secondary N) is 3. The van der Waals surface area contributed by atoms with E-state index in [0.717, 1.165) is 22.9 Å². The highest BCUT2D eigenvalue weighted by Gasteiger charge is 2.32. The first-order chi connectivity index (χ1) is 11.8. The van der Waals surface area contributed by atoms with E-state index in [-0.39, 0.29) is 11.6 Å². The van der Waals surface area contributed by atoms with Gasteiger partial charge in [0.25, 0.3) is 11.5 Å². The molecule has 8 heteroatoms. The van der Waals surface area contributed by atoms with Gasteiger partial charge in [-0.25, -0.2) is 0 Å². The average molecular weight is 351 g/mol. The molecule has 1 amide bonds. The lowest BCUT2D eigenvalue weighted by molar-refractivity contribution is -0.141. The highest BCUT2D eigenvalue weighted by molar-refractivity contribution is 5.94. The van der Waals surface area contributed by atoms with E-state index in [1.54, 1.807) is 4.98 Å². The van der Waals surface area contributed by atoms with Crippen molar-refractivity contribution in [1.29, 1.82) is 0 Å². The van der Waals surface area contributed by atoms with Gasteiger partial charge in [-0.15, -0.1) is 0 Å². The normalized spacial score (nSPS) is 16.7. The number of rotatable bonds is 2. The van der Waals surface area contributed by atoms with Crippen LogP contribution in [0.5, 0.6) is 0 Å². The molecule has 0 fully saturated rings. The van der Waals surface area contributed by atoms with Gasteiger partial charge in [-0.2, -0.15) is 13.2 Å². The summed E-state index contributed by atoms with van der Waals surface area (Å²) in [4.78, 5) is 25.9. The maximum absolute atomic E-state index is 12.6. The van der Waals surface area contributed by atoms with E-state index < -0.39 is 23.3 Å². The van der Waals surface area contributed by atoms with E-state index in [1.165, 1.54) is 0 Å². The quantitative estimate of drug-likeness (QED) is 0.779. The predicted octanol–water partition coefficient (Wildman–Crippen LogP) is 2.99. The number of carbonyl (C=O) groups is 1. The zero-order valence-electron chi connectivity index (χ0n) is 13.3. The number of aromatic amines is 1. The van der Waals surface area contributed by atoms with Crippen molar-refractivity contribution < 1.29 is 18.0 Å². The summed E-state index contributed by atoms with van der Waals surface area (Å²) >= 11 is 0. The molecule has 0 radical (unpaired) electrons. The number of benzene rings is 1. The van der Waals surface area contributed by atoms with Crippen molar-refractivity contribution in [3.05, 3.63) is 63.1 Å². The van der Waals surface area contributed by atoms with E-state index in [4.69, 9.17) is 0 Å². The molecule has 0 saturated carbocycles. The van der Waals surface area contributed by atoms with Gasteiger partial charge < -0.3 is 15.6 Å². The Hall–Kier alpha value is -2.77. The number of H-pyrrole nitrogens is 1. The summed E-state index contributed by atoms with van der Waals surface area (Å²) in [5.41, 5.74) is 0.256. The lowest BCUT2D eigenvalue weighted by Gasteiger charge is -2.27. The number of aromatic nitrogens is 1. The lowest BCUT2D eigenvalue weighted by Crippen LogP contribution is -2.36. The second kappa shape index (κ2) is 6.27. The summed E-state index contributed by atoms with van der Waals surface area (Å²) in [5.74, 6) is -0.701. The molecule has 2 heterocycles. The highest BCUT2D eigenvalue weighted by atomic mass is 19.4. The third-order valence-electron chi connectivity index (χ3n) is 4.10. The van der Waals surface area contributed by atoms with Crippen LogP contribution in [0.15, 0.2) is 35.1 Å². The number of anilines is 1. The summed E-state index contributed by atoms with van der Waals surface area (Å²) in [7, 11) is 0. The summed E-state index contributed by atoms with van der Waals surface area (Å²) in [5, 5.41) is 5.97. The number of carbonyl (C=O) groups excluding carboxylic acids is 1. The minimum atomic E-state index is -4.67. The number of aryl methyl sites for hydroxylation is 1. The van der Waals surface area contributed by atoms with Crippen LogP contribution < -0.4 is 16.2 Å². The van der Waals surface area contributed by atoms with Gasteiger partial charge in [0, 0.05) is 12.2 Å². The Morgan fingerprint density at radius 2 is 2.00 bits per heavy atom. The Morgan fingerprint density at radius 3 is 2.68 bits per heavy atom. The Balaban J connectivity index is 1.84. The highest BCUT2D eigenvalue weighted by Crippen LogP contribution is 2.31. The predicted molar refractivity (Wildman–Crippen MR) is 86.6 cm³/mol. The van der Waals surface area contributed by atoms with Gasteiger partial charge in [0.2, 0.25) is 0 Å². The molecule has 1 aliphatic heterocycles. The van der Waals surface area contributed by atoms with Gasteiger partial charge in [-0.3, -0.25) is 9.59 Å². The first-order valence-electron chi connectivity index (χ1n) is 7.71. The standard InChI is InChI=1S/C17H16F3N3O2/c1-9-2-3-10-12(6-7-21-13(10)8-9)22-15(24)11-4-5-14(17(18,19)20)23-16(11)25/h2-5,8,12,21H,6-7H2,1H3,(H,22,24)(H,23,25). The maximum Gasteiger partial charge on any atom is 0.431 e. The molecule has 132 valence electrons. The molecule has 3 rings (SSSR count). The lowest BCUT2D eigenvalue weighted by atomic mass is 9.96. The largest absolute Gasteiger partial charge is 0.431 e. The van der Waals surface area contributed by atoms with Crippen LogP contribution in [-0.4, -0.2) is 17.4 Å². The summed E-state index contributed by atoms with van der Waals surface area (Å²) < 4.78 is 37.8. The summed E-state index contributed by atoms with van der Waals surface area (Å²) in [6.45, 7) is 2.59. The van der Waals surface area contributed by atoms with Crippen LogP contribution in [0.4, 0.5) is 18.9 Å². The van der Waals surface area contributed by atoms with Crippen molar-refractivity contribution in [2.45, 2.75) is 25.6 Å². The zero-order valence-corrected chi connectivity index (χ0v) is 13.3. The molecule has 5 nitrogen and oxygen atoms in total. The van der Waals surface area contributed by atoms with Crippen LogP contribution in [-0.2, 0) is 6.18 Å². The number of alkyl halides is 3. The van der Waals surface area contributed by atoms with Crippen LogP contribution in [0.2, 0.25) is 0 Å². The molecule has 1 aromatic heterocycles. The van der Waals surface area contributed by atoms with E-state index >= 15 is 0 Å². The second-order valence-electron chi connectivity index (χ2n) is 5.94. The van der Waals surface area contributed by atoms with Gasteiger partial charge >= 0.3 is 6.18 Å². The van der Waals surface area contributed by atoms with Crippen LogP contribution in [0.25, 0.3) is 0 Å². The third kappa shape index (κ3) is 3.52. The van der Waals surface area contributed by atoms with Crippen molar-refractivity contribution in [2.75, 3.05) is 11.9 Å². The molecule has 1 aliphatic rings. The summed E-state index contributed by atoms with van der Waals surface area (Å²) in [6.07, 6.45) is -4.06. The fraction of sp³-hybridized carbons (Fsp3) is 0.294. The van der Waals surface area contributed by atoms with Crippen molar-refractivity contribution in [3.63, 3.8) is 0 Å². The third-order valence-corrected chi connectivity index (χ3v) is 4.10. The van der Waals surface area contributed by atoms with Crippen LogP contribution >= 0.6 is 0 Å². The maximum atomic E-state index is 12.6. The van der Waals surface area contributed by atoms with Crippen LogP contribution in [0.3, 0.4) is 0 Å². The van der Waals surface area contributed by atoms with Crippen molar-refractivity contribution in [3.8, 4) is 0 Å². The topological polar surface area (TPSA) is 74.0 Å². The minimum Gasteiger partial charge on any atom is -0.385 e. The van der Waals surface area contributed by atoms with E-state index in [1.807, 2.05) is 25.1 Å². The van der Waals surface area contributed by atoms with Crippen molar-refractivity contribution in [1.82, 2.24) is 10.3 Å². The number of halogens is 3. The van der Waals surface area contributed by atoms with E-state index in [9.17, 15) is 22.8 Å². The molecule has 0 aliphatic carbocycles. The number of fused-ring (bicyclic) bond motifs is 1. The number of hydrogen-bond donors (Lipinski definition) is 3. The van der Waals surface area contributed by atoms with E-state index in [0.29, 0.717) is 19.0 Å². The molecule has 2 aromatic rings. The first kappa shape index (κ1) is 17.1. The molecule has 25 heavy (non-hydrogen) atoms. The Morgan fingerprint density at radius 1 is 1.24 bits per heavy atom. The van der Waals surface area contributed by atoms with Gasteiger partial charge in [-0.05, 0) is 42.7 Å². The van der Waals surface area contributed by atoms with E-state index in [2.05, 4.69) is 10.6 Å². The molecule has 1 atom stereocenters. The van der Waals surface area contributed by atoms with Crippen LogP contribution in [0.1, 0.15) is 39.6 Å². The zero-order chi connectivity index (χ0) is 18.2. The molecular formula is C17H16F3N3O2. The van der Waals surface area contributed by atoms with Gasteiger partial charge in [0.1, 0.15) is 11.3 Å². The SMILES string of the molecule is Cc1ccc2c(c1)NCCC2NC(=O)c1ccc(C(F)(F)F)[nH]c1=O. The van der Waals surface area contributed by atoms with Gasteiger partial charge in [-0.1, -0.05) is 12.1 Å². The monoisotopic (exact) mass is 351 g/mol. The summed E-state index contributed by atoms with van der Waals surface area (Å²) in [6, 6.07) is 7.03. The molecule has 0 spiro atoms. The van der Waals surface area contributed by atoms with Crippen molar-refractivity contribution >= 4 is 11.6 Å². The fourth-order valence-corrected chi connectivity index (χ4v) is 2.84. The molecule has 0 saturated heterocycles. The van der Waals surface area contributed by atoms with Gasteiger partial charge in [0.05, 0.1) is 6.04 Å². The fourth-order valence-electron chi connectivity index (χ4n) is 2.84. The second-order valence-corrected chi connectivity index (χ2v) is 5.94. The molecular weight excluding hydrogens is 335 g/mol. The minimum absolute atomic E-state index is 0.314. The smallest absolute Gasteiger partial charge is 0.385 e. The number of hydrogen-bond acceptors (Lipinski definition) is 3. The first-order valence-corrected chi connectivity index (χ1v) is 7.71. The number of pyridine rings is 1. The number of amides is 1. The Kier molecular flexibility index (Phi) is 4.28. The van der Waals surface area contributed by atoms with Crippen LogP contribution in [0, 0.1) is 6.92 Å². The Labute approximate surface area is 141 Å². The Bertz CT molecular complexity index is 874. The molecule has 3 N–H and O–H groups in total. The molecule has 1 unspecified atom stereocenters. The van der Waals surface area contributed by atoms with Gasteiger partial charge in [0.15, 0.2) is 0 Å². The molecule has 1 aromatic carbocycles. The van der Waals surface area contributed by atoms with Crippen molar-refractivity contribution in [2.24, 2.45) is 0 Å².